The van der Waals surface area contributed by atoms with Gasteiger partial charge in [0.1, 0.15) is 5.75 Å². The van der Waals surface area contributed by atoms with E-state index in [2.05, 4.69) is 10.1 Å². The van der Waals surface area contributed by atoms with Gasteiger partial charge in [0.05, 0.1) is 18.3 Å². The molecule has 1 amide bonds. The number of carbonyl (C=O) groups excluding carboxylic acids is 1. The number of aliphatic hydroxyl groups excluding tert-OH is 1. The number of hydrogen-bond acceptors (Lipinski definition) is 5. The van der Waals surface area contributed by atoms with Crippen molar-refractivity contribution < 1.29 is 37.7 Å². The number of alkyl halides is 3. The molecule has 1 saturated carbocycles. The number of amides is 1. The summed E-state index contributed by atoms with van der Waals surface area (Å²) in [6.07, 6.45) is -0.548. The quantitative estimate of drug-likeness (QED) is 0.368. The van der Waals surface area contributed by atoms with Crippen LogP contribution in [-0.2, 0) is 11.2 Å². The van der Waals surface area contributed by atoms with E-state index < -0.39 is 30.9 Å². The van der Waals surface area contributed by atoms with Crippen LogP contribution in [0, 0.1) is 0 Å². The van der Waals surface area contributed by atoms with Crippen LogP contribution < -0.4 is 10.1 Å². The second kappa shape index (κ2) is 11.7. The Morgan fingerprint density at radius 1 is 1.05 bits per heavy atom. The minimum atomic E-state index is -4.76. The van der Waals surface area contributed by atoms with E-state index in [1.165, 1.54) is 18.6 Å². The summed E-state index contributed by atoms with van der Waals surface area (Å²) < 4.78 is 43.5. The van der Waals surface area contributed by atoms with Crippen LogP contribution in [0.5, 0.6) is 5.75 Å². The van der Waals surface area contributed by atoms with Crippen molar-refractivity contribution in [3.8, 4) is 17.0 Å². The second-order valence-corrected chi connectivity index (χ2v) is 9.27. The lowest BCUT2D eigenvalue weighted by Gasteiger charge is -2.24. The first-order valence-corrected chi connectivity index (χ1v) is 12.3. The maximum atomic E-state index is 12.5. The number of ether oxygens (including phenoxy) is 1. The fourth-order valence-electron chi connectivity index (χ4n) is 4.54. The summed E-state index contributed by atoms with van der Waals surface area (Å²) in [5, 5.41) is 25.3. The van der Waals surface area contributed by atoms with Gasteiger partial charge in [0.15, 0.2) is 6.10 Å². The fraction of sp³-hybridized carbons (Fsp3) is 0.370. The average Bonchev–Trinajstić information content (AvgIpc) is 3.31. The number of benzene rings is 2. The van der Waals surface area contributed by atoms with E-state index in [1.54, 1.807) is 36.4 Å². The lowest BCUT2D eigenvalue weighted by atomic mass is 9.95. The molecular weight excluding hydrogens is 503 g/mol. The van der Waals surface area contributed by atoms with Crippen molar-refractivity contribution in [1.29, 1.82) is 0 Å². The molecule has 1 aliphatic carbocycles. The standard InChI is InChI=1S/C27H28F3N3O5/c28-27(29,30)38-22-12-10-18(11-13-22)23-15-21(33(32-23)20-4-2-1-3-5-20)14-17-6-8-19(9-7-17)25(35)31-16-24(34)26(36)37/h6-13,15,20,24,34H,1-5,14,16H2,(H,31,35)(H,36,37). The van der Waals surface area contributed by atoms with Crippen LogP contribution in [0.4, 0.5) is 13.2 Å². The number of rotatable bonds is 9. The number of nitrogens with one attached hydrogen (secondary N) is 1. The molecule has 1 aliphatic rings. The van der Waals surface area contributed by atoms with Crippen LogP contribution in [0.15, 0.2) is 54.6 Å². The number of nitrogens with zero attached hydrogens (tertiary/aromatic N) is 2. The third kappa shape index (κ3) is 7.12. The zero-order valence-electron chi connectivity index (χ0n) is 20.4. The number of aliphatic hydroxyl groups is 1. The Balaban J connectivity index is 1.52. The second-order valence-electron chi connectivity index (χ2n) is 9.27. The highest BCUT2D eigenvalue weighted by Gasteiger charge is 2.31. The molecule has 2 aromatic carbocycles. The maximum Gasteiger partial charge on any atom is 0.573 e. The first-order chi connectivity index (χ1) is 18.1. The smallest absolute Gasteiger partial charge is 0.479 e. The maximum absolute atomic E-state index is 12.5. The molecule has 1 heterocycles. The fourth-order valence-corrected chi connectivity index (χ4v) is 4.54. The van der Waals surface area contributed by atoms with Gasteiger partial charge in [-0.15, -0.1) is 13.2 Å². The number of carboxylic acids is 1. The molecule has 0 spiro atoms. The van der Waals surface area contributed by atoms with Crippen molar-refractivity contribution >= 4 is 11.9 Å². The van der Waals surface area contributed by atoms with Crippen molar-refractivity contribution in [2.24, 2.45) is 0 Å². The van der Waals surface area contributed by atoms with Crippen LogP contribution in [0.1, 0.15) is 59.8 Å². The predicted octanol–water partition coefficient (Wildman–Crippen LogP) is 4.72. The minimum Gasteiger partial charge on any atom is -0.479 e. The van der Waals surface area contributed by atoms with Gasteiger partial charge >= 0.3 is 12.3 Å². The van der Waals surface area contributed by atoms with Crippen molar-refractivity contribution in [2.75, 3.05) is 6.54 Å². The largest absolute Gasteiger partial charge is 0.573 e. The third-order valence-corrected chi connectivity index (χ3v) is 6.46. The Bertz CT molecular complexity index is 1250. The van der Waals surface area contributed by atoms with Crippen LogP contribution >= 0.6 is 0 Å². The van der Waals surface area contributed by atoms with Crippen molar-refractivity contribution in [3.05, 3.63) is 71.4 Å². The van der Waals surface area contributed by atoms with Crippen molar-refractivity contribution in [2.45, 2.75) is 57.0 Å². The van der Waals surface area contributed by atoms with E-state index in [1.807, 2.05) is 10.7 Å². The molecule has 1 unspecified atom stereocenters. The van der Waals surface area contributed by atoms with Crippen LogP contribution in [-0.4, -0.2) is 50.9 Å². The normalized spacial score (nSPS) is 15.2. The number of aliphatic carboxylic acids is 1. The molecule has 1 fully saturated rings. The van der Waals surface area contributed by atoms with Gasteiger partial charge in [-0.1, -0.05) is 31.4 Å². The highest BCUT2D eigenvalue weighted by Crippen LogP contribution is 2.32. The first kappa shape index (κ1) is 27.2. The van der Waals surface area contributed by atoms with Crippen LogP contribution in [0.25, 0.3) is 11.3 Å². The molecule has 11 heteroatoms. The molecule has 38 heavy (non-hydrogen) atoms. The number of carboxylic acid groups (broad SMARTS) is 1. The Morgan fingerprint density at radius 2 is 1.71 bits per heavy atom. The molecule has 8 nitrogen and oxygen atoms in total. The van der Waals surface area contributed by atoms with Crippen molar-refractivity contribution in [1.82, 2.24) is 15.1 Å². The highest BCUT2D eigenvalue weighted by molar-refractivity contribution is 5.94. The number of carbonyl (C=O) groups is 2. The van der Waals surface area contributed by atoms with Crippen LogP contribution in [0.3, 0.4) is 0 Å². The SMILES string of the molecule is O=C(NCC(O)C(=O)O)c1ccc(Cc2cc(-c3ccc(OC(F)(F)F)cc3)nn2C2CCCCC2)cc1. The van der Waals surface area contributed by atoms with Gasteiger partial charge in [-0.05, 0) is 60.9 Å². The van der Waals surface area contributed by atoms with Gasteiger partial charge in [0.2, 0.25) is 0 Å². The summed E-state index contributed by atoms with van der Waals surface area (Å²) in [4.78, 5) is 23.0. The molecule has 3 N–H and O–H groups in total. The molecule has 0 radical (unpaired) electrons. The summed E-state index contributed by atoms with van der Waals surface area (Å²) in [7, 11) is 0. The topological polar surface area (TPSA) is 114 Å². The summed E-state index contributed by atoms with van der Waals surface area (Å²) in [5.74, 6) is -2.21. The van der Waals surface area contributed by atoms with Gasteiger partial charge in [-0.3, -0.25) is 9.48 Å². The predicted molar refractivity (Wildman–Crippen MR) is 132 cm³/mol. The van der Waals surface area contributed by atoms with E-state index in [0.717, 1.165) is 36.9 Å². The van der Waals surface area contributed by atoms with Gasteiger partial charge in [0, 0.05) is 23.2 Å². The number of hydrogen-bond donors (Lipinski definition) is 3. The minimum absolute atomic E-state index is 0.228. The molecule has 3 aromatic rings. The van der Waals surface area contributed by atoms with Gasteiger partial charge in [-0.25, -0.2) is 4.79 Å². The summed E-state index contributed by atoms with van der Waals surface area (Å²) >= 11 is 0. The molecule has 0 aliphatic heterocycles. The Kier molecular flexibility index (Phi) is 8.35. The molecule has 202 valence electrons. The third-order valence-electron chi connectivity index (χ3n) is 6.46. The zero-order valence-corrected chi connectivity index (χ0v) is 20.4. The van der Waals surface area contributed by atoms with E-state index in [4.69, 9.17) is 10.2 Å². The Morgan fingerprint density at radius 3 is 2.32 bits per heavy atom. The lowest BCUT2D eigenvalue weighted by molar-refractivity contribution is -0.274. The molecule has 0 bridgehead atoms. The molecule has 1 aromatic heterocycles. The van der Waals surface area contributed by atoms with E-state index >= 15 is 0 Å². The zero-order chi connectivity index (χ0) is 27.3. The summed E-state index contributed by atoms with van der Waals surface area (Å²) in [6, 6.07) is 14.6. The van der Waals surface area contributed by atoms with Gasteiger partial charge < -0.3 is 20.3 Å². The first-order valence-electron chi connectivity index (χ1n) is 12.3. The van der Waals surface area contributed by atoms with E-state index in [0.29, 0.717) is 23.2 Å². The van der Waals surface area contributed by atoms with Gasteiger partial charge in [0.25, 0.3) is 5.91 Å². The average molecular weight is 532 g/mol. The van der Waals surface area contributed by atoms with Crippen LogP contribution in [0.2, 0.25) is 0 Å². The number of aromatic nitrogens is 2. The van der Waals surface area contributed by atoms with E-state index in [-0.39, 0.29) is 11.8 Å². The number of halogens is 3. The lowest BCUT2D eigenvalue weighted by Crippen LogP contribution is -2.36. The molecule has 4 rings (SSSR count). The highest BCUT2D eigenvalue weighted by atomic mass is 19.4. The molecular formula is C27H28F3N3O5. The van der Waals surface area contributed by atoms with Crippen molar-refractivity contribution in [3.63, 3.8) is 0 Å². The monoisotopic (exact) mass is 531 g/mol. The Hall–Kier alpha value is -3.86. The Labute approximate surface area is 217 Å². The summed E-state index contributed by atoms with van der Waals surface area (Å²) in [6.45, 7) is -0.400. The van der Waals surface area contributed by atoms with E-state index in [9.17, 15) is 27.9 Å². The van der Waals surface area contributed by atoms with Gasteiger partial charge in [-0.2, -0.15) is 5.10 Å². The summed E-state index contributed by atoms with van der Waals surface area (Å²) in [5.41, 5.74) is 3.52. The molecule has 1 atom stereocenters. The molecule has 0 saturated heterocycles.